The number of hydrogen-bond acceptors (Lipinski definition) is 4. The van der Waals surface area contributed by atoms with Gasteiger partial charge in [0.1, 0.15) is 0 Å². The summed E-state index contributed by atoms with van der Waals surface area (Å²) in [5, 5.41) is 6.14. The van der Waals surface area contributed by atoms with Gasteiger partial charge in [-0.1, -0.05) is 19.3 Å². The fraction of sp³-hybridized carbons (Fsp3) is 0.882. The number of hydrogen-bond donors (Lipinski definition) is 3. The average Bonchev–Trinajstić information content (AvgIpc) is 2.60. The summed E-state index contributed by atoms with van der Waals surface area (Å²) >= 11 is 0. The number of nitrogens with one attached hydrogen (secondary N) is 2. The van der Waals surface area contributed by atoms with Gasteiger partial charge in [-0.3, -0.25) is 4.79 Å². The first-order valence-electron chi connectivity index (χ1n) is 9.20. The molecule has 2 rings (SSSR count). The molecule has 1 saturated heterocycles. The lowest BCUT2D eigenvalue weighted by atomic mass is 9.96. The Morgan fingerprint density at radius 1 is 1.08 bits per heavy atom. The smallest absolute Gasteiger partial charge is 0.315 e. The quantitative estimate of drug-likeness (QED) is 0.652. The molecule has 2 aliphatic rings. The number of piperidine rings is 1. The van der Waals surface area contributed by atoms with Crippen LogP contribution in [-0.4, -0.2) is 61.8 Å². The van der Waals surface area contributed by atoms with Gasteiger partial charge in [0.15, 0.2) is 0 Å². The maximum Gasteiger partial charge on any atom is 0.315 e. The first kappa shape index (κ1) is 22.0. The maximum absolute atomic E-state index is 12.2. The molecule has 0 aromatic rings. The molecule has 2 fully saturated rings. The van der Waals surface area contributed by atoms with Gasteiger partial charge in [0.2, 0.25) is 5.91 Å². The predicted molar refractivity (Wildman–Crippen MR) is 99.9 cm³/mol. The van der Waals surface area contributed by atoms with Crippen LogP contribution in [-0.2, 0) is 9.53 Å². The lowest BCUT2D eigenvalue weighted by molar-refractivity contribution is -0.134. The third-order valence-electron chi connectivity index (χ3n) is 5.12. The molecule has 146 valence electrons. The fourth-order valence-electron chi connectivity index (χ4n) is 3.52. The molecular formula is C17H33ClN4O3. The summed E-state index contributed by atoms with van der Waals surface area (Å²) < 4.78 is 5.17. The van der Waals surface area contributed by atoms with Gasteiger partial charge in [-0.15, -0.1) is 12.4 Å². The first-order valence-corrected chi connectivity index (χ1v) is 9.20. The van der Waals surface area contributed by atoms with Crippen molar-refractivity contribution in [2.24, 2.45) is 5.73 Å². The normalized spacial score (nSPS) is 20.5. The Kier molecular flexibility index (Phi) is 10.2. The third-order valence-corrected chi connectivity index (χ3v) is 5.12. The highest BCUT2D eigenvalue weighted by Gasteiger charge is 2.26. The SMILES string of the molecule is COC(CN)CC(=O)N1CCC(NC(=O)NC2CCCCC2)CC1.Cl. The van der Waals surface area contributed by atoms with Crippen molar-refractivity contribution < 1.29 is 14.3 Å². The van der Waals surface area contributed by atoms with Crippen LogP contribution in [0.5, 0.6) is 0 Å². The van der Waals surface area contributed by atoms with E-state index in [1.807, 2.05) is 4.90 Å². The van der Waals surface area contributed by atoms with Crippen LogP contribution in [0.15, 0.2) is 0 Å². The van der Waals surface area contributed by atoms with Gasteiger partial charge in [0, 0.05) is 38.8 Å². The minimum Gasteiger partial charge on any atom is -0.380 e. The molecule has 0 spiro atoms. The molecule has 0 bridgehead atoms. The van der Waals surface area contributed by atoms with Gasteiger partial charge >= 0.3 is 6.03 Å². The number of urea groups is 1. The summed E-state index contributed by atoms with van der Waals surface area (Å²) in [4.78, 5) is 26.1. The largest absolute Gasteiger partial charge is 0.380 e. The molecule has 3 amide bonds. The van der Waals surface area contributed by atoms with E-state index >= 15 is 0 Å². The van der Waals surface area contributed by atoms with E-state index in [9.17, 15) is 9.59 Å². The summed E-state index contributed by atoms with van der Waals surface area (Å²) in [7, 11) is 1.58. The number of carbonyl (C=O) groups excluding carboxylic acids is 2. The molecule has 7 nitrogen and oxygen atoms in total. The number of amides is 3. The highest BCUT2D eigenvalue weighted by atomic mass is 35.5. The van der Waals surface area contributed by atoms with Crippen molar-refractivity contribution in [3.8, 4) is 0 Å². The van der Waals surface area contributed by atoms with E-state index in [-0.39, 0.29) is 36.5 Å². The number of methoxy groups -OCH3 is 1. The number of halogens is 1. The standard InChI is InChI=1S/C17H32N4O3.ClH/c1-24-15(12-18)11-16(22)21-9-7-14(8-10-21)20-17(23)19-13-5-3-2-4-6-13;/h13-15H,2-12,18H2,1H3,(H2,19,20,23);1H. The number of nitrogens with zero attached hydrogens (tertiary/aromatic N) is 1. The minimum absolute atomic E-state index is 0. The van der Waals surface area contributed by atoms with Gasteiger partial charge < -0.3 is 26.0 Å². The molecule has 1 heterocycles. The summed E-state index contributed by atoms with van der Waals surface area (Å²) in [6.45, 7) is 1.70. The summed E-state index contributed by atoms with van der Waals surface area (Å²) in [5.41, 5.74) is 5.56. The van der Waals surface area contributed by atoms with Gasteiger partial charge in [-0.25, -0.2) is 4.79 Å². The van der Waals surface area contributed by atoms with Crippen LogP contribution in [0.3, 0.4) is 0 Å². The molecule has 1 unspecified atom stereocenters. The van der Waals surface area contributed by atoms with Gasteiger partial charge in [-0.05, 0) is 25.7 Å². The summed E-state index contributed by atoms with van der Waals surface area (Å²) in [6.07, 6.45) is 7.56. The molecule has 25 heavy (non-hydrogen) atoms. The van der Waals surface area contributed by atoms with E-state index in [4.69, 9.17) is 10.5 Å². The van der Waals surface area contributed by atoms with Crippen LogP contribution in [0.2, 0.25) is 0 Å². The van der Waals surface area contributed by atoms with E-state index in [2.05, 4.69) is 10.6 Å². The highest BCUT2D eigenvalue weighted by molar-refractivity contribution is 5.85. The molecule has 1 saturated carbocycles. The molecule has 8 heteroatoms. The second kappa shape index (κ2) is 11.5. The van der Waals surface area contributed by atoms with Crippen molar-refractivity contribution in [2.45, 2.75) is 69.6 Å². The van der Waals surface area contributed by atoms with E-state index in [0.29, 0.717) is 32.1 Å². The summed E-state index contributed by atoms with van der Waals surface area (Å²) in [5.74, 6) is 0.0809. The topological polar surface area (TPSA) is 96.7 Å². The molecule has 4 N–H and O–H groups in total. The van der Waals surface area contributed by atoms with Crippen molar-refractivity contribution in [1.82, 2.24) is 15.5 Å². The van der Waals surface area contributed by atoms with Crippen molar-refractivity contribution >= 4 is 24.3 Å². The zero-order valence-electron chi connectivity index (χ0n) is 15.2. The molecule has 0 aromatic carbocycles. The maximum atomic E-state index is 12.2. The van der Waals surface area contributed by atoms with Crippen LogP contribution in [0, 0.1) is 0 Å². The van der Waals surface area contributed by atoms with Gasteiger partial charge in [0.05, 0.1) is 12.5 Å². The molecule has 1 atom stereocenters. The zero-order valence-corrected chi connectivity index (χ0v) is 16.0. The Morgan fingerprint density at radius 2 is 1.64 bits per heavy atom. The lowest BCUT2D eigenvalue weighted by Crippen LogP contribution is -2.51. The first-order chi connectivity index (χ1) is 11.6. The highest BCUT2D eigenvalue weighted by Crippen LogP contribution is 2.17. The average molecular weight is 377 g/mol. The van der Waals surface area contributed by atoms with Crippen LogP contribution in [0.25, 0.3) is 0 Å². The van der Waals surface area contributed by atoms with E-state index in [1.54, 1.807) is 7.11 Å². The number of rotatable bonds is 6. The van der Waals surface area contributed by atoms with E-state index in [1.165, 1.54) is 19.3 Å². The Hall–Kier alpha value is -1.05. The van der Waals surface area contributed by atoms with E-state index < -0.39 is 0 Å². The monoisotopic (exact) mass is 376 g/mol. The Morgan fingerprint density at radius 3 is 2.16 bits per heavy atom. The second-order valence-corrected chi connectivity index (χ2v) is 6.91. The van der Waals surface area contributed by atoms with Gasteiger partial charge in [-0.2, -0.15) is 0 Å². The van der Waals surface area contributed by atoms with Crippen LogP contribution < -0.4 is 16.4 Å². The van der Waals surface area contributed by atoms with Crippen molar-refractivity contribution in [1.29, 1.82) is 0 Å². The Bertz CT molecular complexity index is 407. The minimum atomic E-state index is -0.213. The van der Waals surface area contributed by atoms with Crippen LogP contribution in [0.1, 0.15) is 51.4 Å². The zero-order chi connectivity index (χ0) is 17.4. The molecule has 1 aliphatic heterocycles. The number of nitrogens with two attached hydrogens (primary N) is 1. The van der Waals surface area contributed by atoms with Crippen molar-refractivity contribution in [3.05, 3.63) is 0 Å². The van der Waals surface area contributed by atoms with Crippen LogP contribution in [0.4, 0.5) is 4.79 Å². The van der Waals surface area contributed by atoms with Gasteiger partial charge in [0.25, 0.3) is 0 Å². The Balaban J connectivity index is 0.00000312. The fourth-order valence-corrected chi connectivity index (χ4v) is 3.52. The number of likely N-dealkylation sites (tertiary alicyclic amines) is 1. The molecule has 0 radical (unpaired) electrons. The van der Waals surface area contributed by atoms with E-state index in [0.717, 1.165) is 25.7 Å². The number of ether oxygens (including phenoxy) is 1. The lowest BCUT2D eigenvalue weighted by Gasteiger charge is -2.33. The predicted octanol–water partition coefficient (Wildman–Crippen LogP) is 1.39. The van der Waals surface area contributed by atoms with Crippen molar-refractivity contribution in [2.75, 3.05) is 26.7 Å². The second-order valence-electron chi connectivity index (χ2n) is 6.91. The Labute approximate surface area is 156 Å². The number of carbonyl (C=O) groups is 2. The molecular weight excluding hydrogens is 344 g/mol. The van der Waals surface area contributed by atoms with Crippen molar-refractivity contribution in [3.63, 3.8) is 0 Å². The third kappa shape index (κ3) is 7.38. The van der Waals surface area contributed by atoms with Crippen LogP contribution >= 0.6 is 12.4 Å². The molecule has 0 aromatic heterocycles. The molecule has 1 aliphatic carbocycles. The summed E-state index contributed by atoms with van der Waals surface area (Å²) in [6, 6.07) is 0.405.